The van der Waals surface area contributed by atoms with E-state index < -0.39 is 89.5 Å². The molecule has 0 amide bonds. The van der Waals surface area contributed by atoms with Gasteiger partial charge in [-0.1, -0.05) is 33.7 Å². The van der Waals surface area contributed by atoms with E-state index in [9.17, 15) is 39.4 Å². The van der Waals surface area contributed by atoms with Crippen LogP contribution in [0.2, 0.25) is 5.02 Å². The van der Waals surface area contributed by atoms with Gasteiger partial charge >= 0.3 is 0 Å². The Balaban J connectivity index is 1.60. The molecule has 0 radical (unpaired) electrons. The molecule has 2 fully saturated rings. The van der Waals surface area contributed by atoms with E-state index in [-0.39, 0.29) is 11.3 Å². The molecule has 0 bridgehead atoms. The molecule has 4 unspecified atom stereocenters. The number of azide groups is 1. The van der Waals surface area contributed by atoms with Crippen LogP contribution in [0, 0.1) is 11.6 Å². The van der Waals surface area contributed by atoms with Gasteiger partial charge in [-0.15, -0.1) is 5.10 Å². The fourth-order valence-corrected chi connectivity index (χ4v) is 5.69. The van der Waals surface area contributed by atoms with Gasteiger partial charge in [0.2, 0.25) is 0 Å². The molecule has 2 aliphatic heterocycles. The van der Waals surface area contributed by atoms with Crippen molar-refractivity contribution < 1.29 is 48.9 Å². The van der Waals surface area contributed by atoms with Crippen molar-refractivity contribution in [1.82, 2.24) is 15.0 Å². The van der Waals surface area contributed by atoms with E-state index in [4.69, 9.17) is 26.6 Å². The molecule has 0 spiro atoms. The number of rotatable bonds is 7. The number of thioether (sulfide) groups is 1. The van der Waals surface area contributed by atoms with E-state index in [1.165, 1.54) is 6.20 Å². The maximum absolute atomic E-state index is 13.9. The van der Waals surface area contributed by atoms with E-state index in [0.717, 1.165) is 16.8 Å². The van der Waals surface area contributed by atoms with Crippen molar-refractivity contribution in [2.24, 2.45) is 5.11 Å². The van der Waals surface area contributed by atoms with Gasteiger partial charge in [-0.2, -0.15) is 0 Å². The predicted octanol–water partition coefficient (Wildman–Crippen LogP) is -0.292. The zero-order valence-corrected chi connectivity index (χ0v) is 20.7. The van der Waals surface area contributed by atoms with Gasteiger partial charge in [0.15, 0.2) is 0 Å². The van der Waals surface area contributed by atoms with Gasteiger partial charge in [0.05, 0.1) is 31.6 Å². The molecule has 14 nitrogen and oxygen atoms in total. The van der Waals surface area contributed by atoms with Gasteiger partial charge in [0, 0.05) is 10.5 Å². The van der Waals surface area contributed by atoms with Crippen LogP contribution in [-0.2, 0) is 9.47 Å². The summed E-state index contributed by atoms with van der Waals surface area (Å²) in [6.45, 7) is -1.37. The van der Waals surface area contributed by atoms with E-state index in [0.29, 0.717) is 11.8 Å². The van der Waals surface area contributed by atoms with Gasteiger partial charge in [-0.25, -0.2) is 13.5 Å². The Kier molecular flexibility index (Phi) is 9.06. The van der Waals surface area contributed by atoms with Crippen molar-refractivity contribution in [3.8, 4) is 11.3 Å². The van der Waals surface area contributed by atoms with Crippen LogP contribution in [0.3, 0.4) is 0 Å². The monoisotopic (exact) mass is 580 g/mol. The fourth-order valence-electron chi connectivity index (χ4n) is 4.26. The Hall–Kier alpha value is -2.15. The molecule has 10 atom stereocenters. The van der Waals surface area contributed by atoms with Crippen molar-refractivity contribution in [2.75, 3.05) is 13.2 Å². The van der Waals surface area contributed by atoms with Crippen molar-refractivity contribution in [3.63, 3.8) is 0 Å². The second-order valence-electron chi connectivity index (χ2n) is 8.57. The van der Waals surface area contributed by atoms with Gasteiger partial charge in [-0.05, 0) is 17.7 Å². The number of halogens is 3. The zero-order valence-electron chi connectivity index (χ0n) is 19.1. The number of aromatic nitrogens is 3. The zero-order chi connectivity index (χ0) is 27.7. The lowest BCUT2D eigenvalue weighted by Crippen LogP contribution is -2.59. The number of hydrogen-bond donors (Lipinski definition) is 6. The maximum Gasteiger partial charge on any atom is 0.145 e. The summed E-state index contributed by atoms with van der Waals surface area (Å²) in [4.78, 5) is 2.59. The van der Waals surface area contributed by atoms with E-state index in [1.54, 1.807) is 0 Å². The highest BCUT2D eigenvalue weighted by Gasteiger charge is 2.50. The average molecular weight is 581 g/mol. The average Bonchev–Trinajstić information content (AvgIpc) is 3.37. The maximum atomic E-state index is 13.9. The summed E-state index contributed by atoms with van der Waals surface area (Å²) in [5, 5.41) is 72.4. The normalized spacial score (nSPS) is 35.6. The first kappa shape index (κ1) is 28.8. The first-order valence-electron chi connectivity index (χ1n) is 11.1. The van der Waals surface area contributed by atoms with Gasteiger partial charge in [-0.3, -0.25) is 0 Å². The molecule has 3 heterocycles. The van der Waals surface area contributed by atoms with Crippen LogP contribution in [0.4, 0.5) is 8.78 Å². The predicted molar refractivity (Wildman–Crippen MR) is 125 cm³/mol. The summed E-state index contributed by atoms with van der Waals surface area (Å²) in [7, 11) is 0. The molecule has 6 N–H and O–H groups in total. The van der Waals surface area contributed by atoms with Gasteiger partial charge < -0.3 is 40.1 Å². The third kappa shape index (κ3) is 5.45. The molecular formula is C20H23ClF2N6O8S. The van der Waals surface area contributed by atoms with E-state index in [1.807, 2.05) is 0 Å². The summed E-state index contributed by atoms with van der Waals surface area (Å²) >= 11 is 6.21. The van der Waals surface area contributed by atoms with Crippen molar-refractivity contribution >= 4 is 23.4 Å². The van der Waals surface area contributed by atoms with Crippen LogP contribution in [-0.4, -0.2) is 112 Å². The number of ether oxygens (including phenoxy) is 2. The summed E-state index contributed by atoms with van der Waals surface area (Å²) < 4.78 is 40.0. The van der Waals surface area contributed by atoms with Crippen LogP contribution in [0.25, 0.3) is 21.7 Å². The second kappa shape index (κ2) is 11.9. The molecule has 2 aromatic rings. The summed E-state index contributed by atoms with van der Waals surface area (Å²) in [6.07, 6.45) is -7.50. The van der Waals surface area contributed by atoms with Gasteiger partial charge in [0.25, 0.3) is 0 Å². The lowest BCUT2D eigenvalue weighted by atomic mass is 9.97. The highest BCUT2D eigenvalue weighted by Crippen LogP contribution is 2.40. The van der Waals surface area contributed by atoms with Crippen molar-refractivity contribution in [1.29, 1.82) is 0 Å². The number of nitrogens with zero attached hydrogens (tertiary/aromatic N) is 6. The van der Waals surface area contributed by atoms with Crippen molar-refractivity contribution in [3.05, 3.63) is 45.4 Å². The van der Waals surface area contributed by atoms with Crippen LogP contribution in [0.5, 0.6) is 0 Å². The minimum Gasteiger partial charge on any atom is -0.394 e. The Morgan fingerprint density at radius 3 is 2.16 bits per heavy atom. The molecule has 0 saturated carbocycles. The summed E-state index contributed by atoms with van der Waals surface area (Å²) in [6, 6.07) is -0.828. The van der Waals surface area contributed by atoms with Crippen LogP contribution in [0.1, 0.15) is 6.04 Å². The third-order valence-electron chi connectivity index (χ3n) is 6.25. The smallest absolute Gasteiger partial charge is 0.145 e. The number of aliphatic hydroxyl groups is 6. The Bertz CT molecular complexity index is 1170. The molecule has 1 aromatic carbocycles. The molecule has 208 valence electrons. The highest BCUT2D eigenvalue weighted by atomic mass is 35.5. The molecule has 2 aliphatic rings. The minimum atomic E-state index is -1.59. The van der Waals surface area contributed by atoms with Crippen LogP contribution >= 0.6 is 23.4 Å². The number of hydrogen-bond acceptors (Lipinski definition) is 12. The quantitative estimate of drug-likeness (QED) is 0.108. The first-order chi connectivity index (χ1) is 18.1. The Morgan fingerprint density at radius 1 is 1.00 bits per heavy atom. The Labute approximate surface area is 222 Å². The molecule has 38 heavy (non-hydrogen) atoms. The summed E-state index contributed by atoms with van der Waals surface area (Å²) in [5.41, 5.74) is 6.18. The number of benzene rings is 1. The molecule has 0 aliphatic carbocycles. The lowest BCUT2D eigenvalue weighted by Gasteiger charge is -2.45. The lowest BCUT2D eigenvalue weighted by molar-refractivity contribution is -0.183. The SMILES string of the molecule is [N-]=[N+]=NC1C(O)[C@@H](CO)O[C@@H](S[C@@H]2OC(CO)[C@H](O)[C@H](n3cc(-c4cc(F)c(Cl)c(F)c4)nn3)C2O)[C@@H]1O. The first-order valence-corrected chi connectivity index (χ1v) is 12.4. The standard InChI is InChI=1S/C20H23ClF2N6O8S/c21-12-7(22)1-6(2-8(12)23)9-3-29(28-25-9)14-16(33)11(5-31)37-20(18(14)35)38-19-17(34)13(26-27-24)15(32)10(4-30)36-19/h1-3,10-11,13-20,30-35H,4-5H2/t10-,11?,13?,14+,15?,16+,17-,18?,19+,20+/m1/s1. The number of aliphatic hydroxyl groups excluding tert-OH is 6. The van der Waals surface area contributed by atoms with Crippen molar-refractivity contribution in [2.45, 2.75) is 59.6 Å². The molecule has 4 rings (SSSR count). The van der Waals surface area contributed by atoms with Crippen LogP contribution < -0.4 is 0 Å². The van der Waals surface area contributed by atoms with E-state index >= 15 is 0 Å². The van der Waals surface area contributed by atoms with E-state index in [2.05, 4.69) is 20.3 Å². The second-order valence-corrected chi connectivity index (χ2v) is 10.2. The topological polar surface area (TPSA) is 219 Å². The minimum absolute atomic E-state index is 0.0156. The largest absolute Gasteiger partial charge is 0.394 e. The summed E-state index contributed by atoms with van der Waals surface area (Å²) in [5.74, 6) is -2.06. The fraction of sp³-hybridized carbons (Fsp3) is 0.600. The van der Waals surface area contributed by atoms with Crippen LogP contribution in [0.15, 0.2) is 23.4 Å². The highest BCUT2D eigenvalue weighted by molar-refractivity contribution is 8.00. The molecule has 2 saturated heterocycles. The molecule has 18 heteroatoms. The molecular weight excluding hydrogens is 558 g/mol. The van der Waals surface area contributed by atoms with Gasteiger partial charge in [0.1, 0.15) is 69.8 Å². The Morgan fingerprint density at radius 2 is 1.58 bits per heavy atom. The third-order valence-corrected chi connectivity index (χ3v) is 7.92. The molecule has 1 aromatic heterocycles.